The van der Waals surface area contributed by atoms with Crippen molar-refractivity contribution in [3.05, 3.63) is 45.8 Å². The Balaban J connectivity index is 1.62. The van der Waals surface area contributed by atoms with Crippen LogP contribution in [0.15, 0.2) is 29.2 Å². The molecule has 0 aliphatic carbocycles. The third-order valence-electron chi connectivity index (χ3n) is 6.92. The van der Waals surface area contributed by atoms with Gasteiger partial charge in [-0.1, -0.05) is 6.92 Å². The third-order valence-corrected chi connectivity index (χ3v) is 10.3. The molecule has 3 heterocycles. The Labute approximate surface area is 223 Å². The van der Waals surface area contributed by atoms with E-state index in [1.165, 1.54) is 39.9 Å². The van der Waals surface area contributed by atoms with Gasteiger partial charge in [0.25, 0.3) is 5.91 Å². The average molecular weight is 548 g/mol. The van der Waals surface area contributed by atoms with Crippen molar-refractivity contribution in [1.29, 1.82) is 0 Å². The molecule has 0 unspecified atom stereocenters. The number of ether oxygens (including phenoxy) is 1. The molecule has 0 radical (unpaired) electrons. The fraction of sp³-hybridized carbons (Fsp3) is 0.556. The van der Waals surface area contributed by atoms with Gasteiger partial charge in [0.15, 0.2) is 0 Å². The minimum Gasteiger partial charge on any atom is -0.462 e. The Morgan fingerprint density at radius 1 is 1.19 bits per heavy atom. The lowest BCUT2D eigenvalue weighted by Gasteiger charge is -2.42. The van der Waals surface area contributed by atoms with Crippen molar-refractivity contribution in [1.82, 2.24) is 9.62 Å². The zero-order valence-corrected chi connectivity index (χ0v) is 24.1. The molecule has 4 rings (SSSR count). The van der Waals surface area contributed by atoms with Crippen molar-refractivity contribution < 1.29 is 22.7 Å². The van der Waals surface area contributed by atoms with E-state index in [9.17, 15) is 18.0 Å². The van der Waals surface area contributed by atoms with Crippen molar-refractivity contribution in [2.75, 3.05) is 25.0 Å². The van der Waals surface area contributed by atoms with Crippen LogP contribution in [0.25, 0.3) is 0 Å². The van der Waals surface area contributed by atoms with E-state index >= 15 is 0 Å². The van der Waals surface area contributed by atoms with E-state index in [2.05, 4.69) is 45.3 Å². The summed E-state index contributed by atoms with van der Waals surface area (Å²) in [6.45, 7) is 13.4. The van der Waals surface area contributed by atoms with Crippen molar-refractivity contribution >= 4 is 38.2 Å². The van der Waals surface area contributed by atoms with E-state index in [1.807, 2.05) is 0 Å². The first-order valence-corrected chi connectivity index (χ1v) is 15.0. The number of fused-ring (bicyclic) bond motifs is 1. The molecule has 37 heavy (non-hydrogen) atoms. The number of piperidine rings is 1. The number of rotatable bonds is 6. The number of carbonyl (C=O) groups is 2. The molecule has 0 saturated carbocycles. The molecule has 1 atom stereocenters. The normalized spacial score (nSPS) is 21.2. The molecule has 0 spiro atoms. The van der Waals surface area contributed by atoms with Crippen molar-refractivity contribution in [3.8, 4) is 0 Å². The first-order valence-electron chi connectivity index (χ1n) is 12.8. The molecule has 2 aliphatic heterocycles. The van der Waals surface area contributed by atoms with Gasteiger partial charge in [0, 0.05) is 34.6 Å². The standard InChI is InChI=1S/C27H37N3O5S2/c1-7-35-25(32)21-20-15-26(3,4)29-27(5,6)22(20)36-24(21)28-23(31)18-10-12-19(13-11-18)37(33,34)30-14-8-9-17(2)16-30/h10-13,17,29H,7-9,14-16H2,1-6H3,(H,28,31)/t17-/m0/s1. The number of sulfonamides is 1. The molecule has 2 aromatic rings. The molecule has 202 valence electrons. The molecular formula is C27H37N3O5S2. The zero-order chi connectivity index (χ0) is 27.2. The van der Waals surface area contributed by atoms with Gasteiger partial charge in [0.1, 0.15) is 5.00 Å². The summed E-state index contributed by atoms with van der Waals surface area (Å²) in [5.41, 5.74) is 0.965. The average Bonchev–Trinajstić information content (AvgIpc) is 3.16. The molecule has 1 aromatic carbocycles. The van der Waals surface area contributed by atoms with Gasteiger partial charge in [-0.2, -0.15) is 4.31 Å². The number of esters is 1. The highest BCUT2D eigenvalue weighted by atomic mass is 32.2. The maximum Gasteiger partial charge on any atom is 0.341 e. The predicted molar refractivity (Wildman–Crippen MR) is 146 cm³/mol. The molecule has 1 amide bonds. The minimum atomic E-state index is -3.61. The molecule has 1 saturated heterocycles. The van der Waals surface area contributed by atoms with Gasteiger partial charge in [-0.3, -0.25) is 4.79 Å². The van der Waals surface area contributed by atoms with E-state index in [0.29, 0.717) is 41.6 Å². The molecule has 1 aromatic heterocycles. The highest BCUT2D eigenvalue weighted by Crippen LogP contribution is 2.45. The molecule has 10 heteroatoms. The van der Waals surface area contributed by atoms with Crippen molar-refractivity contribution in [2.24, 2.45) is 5.92 Å². The quantitative estimate of drug-likeness (QED) is 0.506. The van der Waals surface area contributed by atoms with Crippen LogP contribution in [0.4, 0.5) is 5.00 Å². The van der Waals surface area contributed by atoms with Crippen LogP contribution in [-0.4, -0.2) is 49.8 Å². The topological polar surface area (TPSA) is 105 Å². The van der Waals surface area contributed by atoms with Crippen LogP contribution in [-0.2, 0) is 26.7 Å². The van der Waals surface area contributed by atoms with E-state index in [4.69, 9.17) is 4.74 Å². The summed E-state index contributed by atoms with van der Waals surface area (Å²) >= 11 is 1.38. The Kier molecular flexibility index (Phi) is 7.60. The number of nitrogens with zero attached hydrogens (tertiary/aromatic N) is 1. The Morgan fingerprint density at radius 3 is 2.49 bits per heavy atom. The number of carbonyl (C=O) groups excluding carboxylic acids is 2. The number of thiophene rings is 1. The number of benzene rings is 1. The monoisotopic (exact) mass is 547 g/mol. The molecule has 2 N–H and O–H groups in total. The van der Waals surface area contributed by atoms with Gasteiger partial charge in [0.2, 0.25) is 10.0 Å². The number of hydrogen-bond acceptors (Lipinski definition) is 7. The largest absolute Gasteiger partial charge is 0.462 e. The molecule has 8 nitrogen and oxygen atoms in total. The lowest BCUT2D eigenvalue weighted by molar-refractivity contribution is 0.0525. The summed E-state index contributed by atoms with van der Waals surface area (Å²) in [6, 6.07) is 5.99. The van der Waals surface area contributed by atoms with Crippen LogP contribution >= 0.6 is 11.3 Å². The number of hydrogen-bond donors (Lipinski definition) is 2. The summed E-state index contributed by atoms with van der Waals surface area (Å²) in [4.78, 5) is 27.4. The minimum absolute atomic E-state index is 0.173. The van der Waals surface area contributed by atoms with Gasteiger partial charge in [-0.05, 0) is 89.6 Å². The van der Waals surface area contributed by atoms with Crippen LogP contribution in [0.1, 0.15) is 85.5 Å². The van der Waals surface area contributed by atoms with Gasteiger partial charge in [-0.25, -0.2) is 13.2 Å². The maximum atomic E-state index is 13.2. The second-order valence-electron chi connectivity index (χ2n) is 11.2. The summed E-state index contributed by atoms with van der Waals surface area (Å²) in [5, 5.41) is 6.97. The Morgan fingerprint density at radius 2 is 1.86 bits per heavy atom. The predicted octanol–water partition coefficient (Wildman–Crippen LogP) is 4.76. The van der Waals surface area contributed by atoms with E-state index < -0.39 is 27.4 Å². The number of amides is 1. The van der Waals surface area contributed by atoms with Crippen molar-refractivity contribution in [2.45, 2.75) is 76.8 Å². The highest BCUT2D eigenvalue weighted by Gasteiger charge is 2.42. The summed E-state index contributed by atoms with van der Waals surface area (Å²) < 4.78 is 33.0. The van der Waals surface area contributed by atoms with E-state index in [0.717, 1.165) is 23.3 Å². The van der Waals surface area contributed by atoms with Crippen LogP contribution in [0.2, 0.25) is 0 Å². The summed E-state index contributed by atoms with van der Waals surface area (Å²) in [5.74, 6) is -0.546. The number of nitrogens with one attached hydrogen (secondary N) is 2. The fourth-order valence-corrected chi connectivity index (χ4v) is 8.36. The van der Waals surface area contributed by atoms with Crippen LogP contribution < -0.4 is 10.6 Å². The second-order valence-corrected chi connectivity index (χ2v) is 14.2. The lowest BCUT2D eigenvalue weighted by Crippen LogP contribution is -2.55. The Bertz CT molecular complexity index is 1300. The molecule has 2 aliphatic rings. The number of anilines is 1. The van der Waals surface area contributed by atoms with E-state index in [1.54, 1.807) is 6.92 Å². The summed E-state index contributed by atoms with van der Waals surface area (Å²) in [6.07, 6.45) is 2.49. The fourth-order valence-electron chi connectivity index (χ4n) is 5.50. The molecule has 1 fully saturated rings. The lowest BCUT2D eigenvalue weighted by atomic mass is 9.81. The maximum absolute atomic E-state index is 13.2. The van der Waals surface area contributed by atoms with E-state index in [-0.39, 0.29) is 17.0 Å². The van der Waals surface area contributed by atoms with Crippen LogP contribution in [0.5, 0.6) is 0 Å². The summed E-state index contributed by atoms with van der Waals surface area (Å²) in [7, 11) is -3.61. The second kappa shape index (κ2) is 10.1. The van der Waals surface area contributed by atoms with Crippen LogP contribution in [0.3, 0.4) is 0 Å². The smallest absolute Gasteiger partial charge is 0.341 e. The first kappa shape index (κ1) is 27.8. The zero-order valence-electron chi connectivity index (χ0n) is 22.4. The molecular weight excluding hydrogens is 510 g/mol. The Hall–Kier alpha value is -2.27. The van der Waals surface area contributed by atoms with Crippen LogP contribution in [0, 0.1) is 5.92 Å². The van der Waals surface area contributed by atoms with Gasteiger partial charge < -0.3 is 15.4 Å². The highest BCUT2D eigenvalue weighted by molar-refractivity contribution is 7.89. The third kappa shape index (κ3) is 5.62. The van der Waals surface area contributed by atoms with Gasteiger partial charge >= 0.3 is 5.97 Å². The molecule has 0 bridgehead atoms. The van der Waals surface area contributed by atoms with Gasteiger partial charge in [0.05, 0.1) is 17.1 Å². The first-order chi connectivity index (χ1) is 17.2. The van der Waals surface area contributed by atoms with Crippen molar-refractivity contribution in [3.63, 3.8) is 0 Å². The SMILES string of the molecule is CCOC(=O)c1c(NC(=O)c2ccc(S(=O)(=O)N3CCC[C@H](C)C3)cc2)sc2c1CC(C)(C)NC2(C)C. The van der Waals surface area contributed by atoms with Gasteiger partial charge in [-0.15, -0.1) is 11.3 Å².